The topological polar surface area (TPSA) is 81.4 Å². The summed E-state index contributed by atoms with van der Waals surface area (Å²) in [5.74, 6) is -1.19. The Morgan fingerprint density at radius 2 is 1.83 bits per heavy atom. The van der Waals surface area contributed by atoms with Crippen LogP contribution in [0.5, 0.6) is 0 Å². The molecule has 0 fully saturated rings. The molecule has 0 aliphatic rings. The summed E-state index contributed by atoms with van der Waals surface area (Å²) in [5.41, 5.74) is 6.20. The summed E-state index contributed by atoms with van der Waals surface area (Å²) in [6.45, 7) is 3.82. The van der Waals surface area contributed by atoms with E-state index in [-0.39, 0.29) is 43.8 Å². The van der Waals surface area contributed by atoms with Crippen LogP contribution >= 0.6 is 35.6 Å². The van der Waals surface area contributed by atoms with Crippen molar-refractivity contribution < 1.29 is 14.3 Å². The van der Waals surface area contributed by atoms with Gasteiger partial charge in [-0.1, -0.05) is 30.1 Å². The van der Waals surface area contributed by atoms with Gasteiger partial charge in [-0.2, -0.15) is 0 Å². The molecule has 1 amide bonds. The number of carbonyl (C=O) groups is 2. The van der Waals surface area contributed by atoms with Gasteiger partial charge in [0.05, 0.1) is 6.61 Å². The molecule has 0 saturated heterocycles. The van der Waals surface area contributed by atoms with E-state index >= 15 is 0 Å². The summed E-state index contributed by atoms with van der Waals surface area (Å²) in [7, 11) is 0. The second-order valence-corrected chi connectivity index (χ2v) is 5.80. The van der Waals surface area contributed by atoms with E-state index in [9.17, 15) is 9.59 Å². The quantitative estimate of drug-likeness (QED) is 0.709. The monoisotopic (exact) mass is 382 g/mol. The van der Waals surface area contributed by atoms with Crippen LogP contribution in [0.2, 0.25) is 10.0 Å². The molecular weight excluding hydrogens is 363 g/mol. The van der Waals surface area contributed by atoms with Crippen molar-refractivity contribution in [1.29, 1.82) is 0 Å². The van der Waals surface area contributed by atoms with E-state index in [1.54, 1.807) is 32.0 Å². The van der Waals surface area contributed by atoms with Gasteiger partial charge in [-0.3, -0.25) is 4.79 Å². The van der Waals surface area contributed by atoms with Crippen molar-refractivity contribution in [2.24, 2.45) is 11.7 Å². The highest BCUT2D eigenvalue weighted by Gasteiger charge is 2.24. The van der Waals surface area contributed by atoms with E-state index in [2.05, 4.69) is 5.32 Å². The number of halogens is 3. The highest BCUT2D eigenvalue weighted by molar-refractivity contribution is 6.34. The van der Waals surface area contributed by atoms with Crippen molar-refractivity contribution in [3.05, 3.63) is 33.8 Å². The molecule has 1 aromatic rings. The lowest BCUT2D eigenvalue weighted by atomic mass is 10.0. The number of nitrogens with two attached hydrogens (primary N) is 1. The zero-order valence-corrected chi connectivity index (χ0v) is 15.3. The number of rotatable bonds is 7. The molecule has 5 nitrogen and oxygen atoms in total. The Bertz CT molecular complexity index is 520. The molecule has 2 unspecified atom stereocenters. The van der Waals surface area contributed by atoms with Crippen molar-refractivity contribution in [1.82, 2.24) is 5.32 Å². The first-order valence-electron chi connectivity index (χ1n) is 6.99. The molecule has 1 aromatic carbocycles. The minimum absolute atomic E-state index is 0. The minimum Gasteiger partial charge on any atom is -0.464 e. The Balaban J connectivity index is 0.00000484. The number of esters is 1. The zero-order chi connectivity index (χ0) is 16.7. The Morgan fingerprint density at radius 3 is 2.30 bits per heavy atom. The molecule has 3 N–H and O–H groups in total. The van der Waals surface area contributed by atoms with Gasteiger partial charge in [0.25, 0.3) is 0 Å². The zero-order valence-electron chi connectivity index (χ0n) is 13.0. The van der Waals surface area contributed by atoms with Crippen molar-refractivity contribution in [3.63, 3.8) is 0 Å². The molecule has 23 heavy (non-hydrogen) atoms. The number of ether oxygens (including phenoxy) is 1. The van der Waals surface area contributed by atoms with Gasteiger partial charge in [0.2, 0.25) is 5.91 Å². The molecule has 0 bridgehead atoms. The average molecular weight is 384 g/mol. The van der Waals surface area contributed by atoms with Crippen molar-refractivity contribution in [2.45, 2.75) is 26.3 Å². The van der Waals surface area contributed by atoms with Crippen LogP contribution in [0.3, 0.4) is 0 Å². The fourth-order valence-electron chi connectivity index (χ4n) is 1.82. The fraction of sp³-hybridized carbons (Fsp3) is 0.467. The molecule has 8 heteroatoms. The van der Waals surface area contributed by atoms with Gasteiger partial charge in [0.1, 0.15) is 6.04 Å². The van der Waals surface area contributed by atoms with Crippen molar-refractivity contribution >= 4 is 47.5 Å². The number of hydrogen-bond acceptors (Lipinski definition) is 4. The molecule has 0 spiro atoms. The van der Waals surface area contributed by atoms with Gasteiger partial charge >= 0.3 is 5.97 Å². The average Bonchev–Trinajstić information content (AvgIpc) is 2.44. The number of carbonyl (C=O) groups excluding carboxylic acids is 2. The van der Waals surface area contributed by atoms with Crippen LogP contribution < -0.4 is 11.1 Å². The van der Waals surface area contributed by atoms with Crippen LogP contribution in [0.4, 0.5) is 0 Å². The lowest BCUT2D eigenvalue weighted by Crippen LogP contribution is -2.46. The highest BCUT2D eigenvalue weighted by atomic mass is 35.5. The van der Waals surface area contributed by atoms with Gasteiger partial charge in [-0.05, 0) is 30.7 Å². The maximum absolute atomic E-state index is 12.0. The Morgan fingerprint density at radius 1 is 1.26 bits per heavy atom. The second kappa shape index (κ2) is 10.7. The number of hydrogen-bond donors (Lipinski definition) is 2. The molecule has 2 atom stereocenters. The van der Waals surface area contributed by atoms with Gasteiger partial charge in [-0.15, -0.1) is 12.4 Å². The summed E-state index contributed by atoms with van der Waals surface area (Å²) in [6, 6.07) is 4.17. The Hall–Kier alpha value is -1.01. The van der Waals surface area contributed by atoms with E-state index in [0.29, 0.717) is 10.0 Å². The highest BCUT2D eigenvalue weighted by Crippen LogP contribution is 2.20. The predicted octanol–water partition coefficient (Wildman–Crippen LogP) is 2.60. The van der Waals surface area contributed by atoms with E-state index in [4.69, 9.17) is 33.7 Å². The van der Waals surface area contributed by atoms with Crippen LogP contribution in [0, 0.1) is 5.92 Å². The smallest absolute Gasteiger partial charge is 0.328 e. The summed E-state index contributed by atoms with van der Waals surface area (Å²) < 4.78 is 5.00. The van der Waals surface area contributed by atoms with Crippen LogP contribution in [0.15, 0.2) is 18.2 Å². The maximum atomic E-state index is 12.0. The molecule has 130 valence electrons. The van der Waals surface area contributed by atoms with E-state index in [0.717, 1.165) is 5.56 Å². The van der Waals surface area contributed by atoms with Crippen LogP contribution in [0.25, 0.3) is 0 Å². The number of amides is 1. The van der Waals surface area contributed by atoms with Crippen LogP contribution in [-0.4, -0.2) is 31.1 Å². The third-order valence-electron chi connectivity index (χ3n) is 3.05. The third-order valence-corrected chi connectivity index (χ3v) is 3.49. The van der Waals surface area contributed by atoms with Gasteiger partial charge < -0.3 is 15.8 Å². The molecule has 0 radical (unpaired) electrons. The van der Waals surface area contributed by atoms with Crippen LogP contribution in [-0.2, 0) is 20.7 Å². The summed E-state index contributed by atoms with van der Waals surface area (Å²) >= 11 is 11.9. The van der Waals surface area contributed by atoms with Crippen molar-refractivity contribution in [2.75, 3.05) is 13.2 Å². The minimum atomic E-state index is -0.809. The molecule has 1 rings (SSSR count). The normalized spacial score (nSPS) is 12.7. The predicted molar refractivity (Wildman–Crippen MR) is 94.2 cm³/mol. The van der Waals surface area contributed by atoms with Gasteiger partial charge in [0, 0.05) is 28.9 Å². The van der Waals surface area contributed by atoms with E-state index < -0.39 is 12.0 Å². The van der Waals surface area contributed by atoms with Gasteiger partial charge in [0.15, 0.2) is 0 Å². The summed E-state index contributed by atoms with van der Waals surface area (Å²) in [4.78, 5) is 24.0. The van der Waals surface area contributed by atoms with Gasteiger partial charge in [-0.25, -0.2) is 4.79 Å². The Labute approximate surface area is 152 Å². The standard InChI is InChI=1S/C15H20Cl2N2O3.ClH/c1-3-22-15(21)13(19-14(20)9(2)8-18)6-10-4-11(16)7-12(17)5-10;/h4-5,7,9,13H,3,6,8,18H2,1-2H3,(H,19,20);1H. The first-order chi connectivity index (χ1) is 10.4. The Kier molecular flexibility index (Phi) is 10.2. The molecule has 0 aliphatic heterocycles. The SMILES string of the molecule is CCOC(=O)C(Cc1cc(Cl)cc(Cl)c1)NC(=O)C(C)CN.Cl. The van der Waals surface area contributed by atoms with E-state index in [1.165, 1.54) is 0 Å². The largest absolute Gasteiger partial charge is 0.464 e. The molecule has 0 aromatic heterocycles. The lowest BCUT2D eigenvalue weighted by molar-refractivity contribution is -0.147. The third kappa shape index (κ3) is 7.40. The van der Waals surface area contributed by atoms with Crippen molar-refractivity contribution in [3.8, 4) is 0 Å². The summed E-state index contributed by atoms with van der Waals surface area (Å²) in [5, 5.41) is 3.59. The number of benzene rings is 1. The molecular formula is C15H21Cl3N2O3. The number of nitrogens with one attached hydrogen (secondary N) is 1. The lowest BCUT2D eigenvalue weighted by Gasteiger charge is -2.19. The van der Waals surface area contributed by atoms with E-state index in [1.807, 2.05) is 0 Å². The molecule has 0 heterocycles. The second-order valence-electron chi connectivity index (χ2n) is 4.93. The summed E-state index contributed by atoms with van der Waals surface area (Å²) in [6.07, 6.45) is 0.238. The molecule has 0 saturated carbocycles. The first kappa shape index (κ1) is 22.0. The molecule has 0 aliphatic carbocycles. The van der Waals surface area contributed by atoms with Crippen LogP contribution in [0.1, 0.15) is 19.4 Å². The fourth-order valence-corrected chi connectivity index (χ4v) is 2.39. The maximum Gasteiger partial charge on any atom is 0.328 e. The first-order valence-corrected chi connectivity index (χ1v) is 7.75.